The average Bonchev–Trinajstić information content (AvgIpc) is 1.89. The first-order valence-corrected chi connectivity index (χ1v) is 3.60. The van der Waals surface area contributed by atoms with Crippen LogP contribution >= 0.6 is 24.2 Å². The van der Waals surface area contributed by atoms with E-state index in [1.165, 1.54) is 0 Å². The highest BCUT2D eigenvalue weighted by Gasteiger charge is 1.93. The third-order valence-electron chi connectivity index (χ3n) is 1.12. The van der Waals surface area contributed by atoms with Crippen LogP contribution in [0.5, 0.6) is 0 Å². The Balaban J connectivity index is 3.01. The predicted molar refractivity (Wildman–Crippen MR) is 41.9 cm³/mol. The van der Waals surface area contributed by atoms with Gasteiger partial charge in [0.1, 0.15) is 0 Å². The molecule has 0 unspecified atom stereocenters. The fourth-order valence-electron chi connectivity index (χ4n) is 0.614. The molecular weight excluding hydrogens is 152 g/mol. The van der Waals surface area contributed by atoms with Gasteiger partial charge in [-0.05, 0) is 11.6 Å². The molecular formula is C7H6ClS. The third kappa shape index (κ3) is 1.57. The maximum absolute atomic E-state index is 5.57. The fraction of sp³-hybridized carbons (Fsp3) is 0.143. The largest absolute Gasteiger partial charge is 0.121 e. The van der Waals surface area contributed by atoms with Gasteiger partial charge in [-0.15, -0.1) is 11.6 Å². The molecule has 1 rings (SSSR count). The third-order valence-corrected chi connectivity index (χ3v) is 1.80. The lowest BCUT2D eigenvalue weighted by Gasteiger charge is -1.95. The van der Waals surface area contributed by atoms with Crippen LogP contribution in [-0.2, 0) is 5.88 Å². The average molecular weight is 158 g/mol. The normalized spacial score (nSPS) is 9.44. The summed E-state index contributed by atoms with van der Waals surface area (Å²) in [5, 5.41) is 0. The molecule has 0 amide bonds. The number of halogens is 1. The van der Waals surface area contributed by atoms with Crippen molar-refractivity contribution in [2.45, 2.75) is 10.8 Å². The van der Waals surface area contributed by atoms with Crippen LogP contribution < -0.4 is 0 Å². The van der Waals surface area contributed by atoms with E-state index in [-0.39, 0.29) is 0 Å². The molecule has 9 heavy (non-hydrogen) atoms. The van der Waals surface area contributed by atoms with Crippen LogP contribution in [0.25, 0.3) is 0 Å². The first-order valence-electron chi connectivity index (χ1n) is 2.65. The van der Waals surface area contributed by atoms with Crippen LogP contribution in [0.15, 0.2) is 29.2 Å². The molecule has 1 aromatic carbocycles. The van der Waals surface area contributed by atoms with Crippen molar-refractivity contribution in [3.05, 3.63) is 29.8 Å². The summed E-state index contributed by atoms with van der Waals surface area (Å²) in [6, 6.07) is 7.67. The number of alkyl halides is 1. The summed E-state index contributed by atoms with van der Waals surface area (Å²) >= 11 is 10.5. The Morgan fingerprint density at radius 1 is 1.33 bits per heavy atom. The summed E-state index contributed by atoms with van der Waals surface area (Å²) in [7, 11) is 0. The van der Waals surface area contributed by atoms with Crippen molar-refractivity contribution >= 4 is 24.2 Å². The molecule has 47 valence electrons. The molecule has 2 heteroatoms. The highest BCUT2D eigenvalue weighted by Crippen LogP contribution is 2.14. The Hall–Kier alpha value is -0.270. The van der Waals surface area contributed by atoms with Gasteiger partial charge < -0.3 is 0 Å². The van der Waals surface area contributed by atoms with Crippen molar-refractivity contribution in [2.75, 3.05) is 0 Å². The molecule has 0 saturated carbocycles. The minimum absolute atomic E-state index is 0.514. The maximum Gasteiger partial charge on any atom is 0.0488 e. The molecule has 0 bridgehead atoms. The molecule has 0 N–H and O–H groups in total. The smallest absolute Gasteiger partial charge is 0.0488 e. The summed E-state index contributed by atoms with van der Waals surface area (Å²) in [6.07, 6.45) is 0. The van der Waals surface area contributed by atoms with E-state index in [0.717, 1.165) is 10.5 Å². The van der Waals surface area contributed by atoms with Gasteiger partial charge in [-0.3, -0.25) is 0 Å². The Labute approximate surface area is 65.3 Å². The second-order valence-corrected chi connectivity index (χ2v) is 2.45. The fourth-order valence-corrected chi connectivity index (χ4v) is 1.15. The van der Waals surface area contributed by atoms with Crippen LogP contribution in [0.2, 0.25) is 0 Å². The highest BCUT2D eigenvalue weighted by molar-refractivity contribution is 7.80. The molecule has 0 saturated heterocycles. The van der Waals surface area contributed by atoms with E-state index in [1.807, 2.05) is 24.3 Å². The summed E-state index contributed by atoms with van der Waals surface area (Å²) in [4.78, 5) is 0.854. The van der Waals surface area contributed by atoms with Crippen LogP contribution in [0.3, 0.4) is 0 Å². The van der Waals surface area contributed by atoms with Crippen molar-refractivity contribution in [3.8, 4) is 0 Å². The van der Waals surface area contributed by atoms with Gasteiger partial charge >= 0.3 is 0 Å². The molecule has 0 aliphatic rings. The van der Waals surface area contributed by atoms with Gasteiger partial charge in [-0.25, -0.2) is 0 Å². The molecule has 0 fully saturated rings. The van der Waals surface area contributed by atoms with Crippen molar-refractivity contribution < 1.29 is 0 Å². The van der Waals surface area contributed by atoms with Gasteiger partial charge in [0.05, 0.1) is 0 Å². The highest BCUT2D eigenvalue weighted by atomic mass is 35.5. The zero-order chi connectivity index (χ0) is 6.69. The van der Waals surface area contributed by atoms with Crippen molar-refractivity contribution in [1.82, 2.24) is 0 Å². The number of hydrogen-bond donors (Lipinski definition) is 0. The van der Waals surface area contributed by atoms with Gasteiger partial charge in [-0.1, -0.05) is 30.8 Å². The first kappa shape index (κ1) is 6.84. The van der Waals surface area contributed by atoms with Crippen molar-refractivity contribution in [3.63, 3.8) is 0 Å². The molecule has 0 spiro atoms. The molecule has 1 aromatic rings. The maximum atomic E-state index is 5.57. The summed E-state index contributed by atoms with van der Waals surface area (Å²) < 4.78 is 0. The van der Waals surface area contributed by atoms with E-state index >= 15 is 0 Å². The standard InChI is InChI=1S/C7H6ClS/c8-5-6-3-1-2-4-7(6)9/h1-4H,5H2. The van der Waals surface area contributed by atoms with E-state index in [9.17, 15) is 0 Å². The topological polar surface area (TPSA) is 0 Å². The molecule has 0 nitrogen and oxygen atoms in total. The van der Waals surface area contributed by atoms with Gasteiger partial charge in [0.25, 0.3) is 0 Å². The minimum atomic E-state index is 0.514. The van der Waals surface area contributed by atoms with Gasteiger partial charge in [-0.2, -0.15) is 0 Å². The zero-order valence-electron chi connectivity index (χ0n) is 4.80. The number of benzene rings is 1. The van der Waals surface area contributed by atoms with Crippen LogP contribution in [0, 0.1) is 0 Å². The van der Waals surface area contributed by atoms with E-state index in [4.69, 9.17) is 24.2 Å². The Morgan fingerprint density at radius 2 is 2.00 bits per heavy atom. The predicted octanol–water partition coefficient (Wildman–Crippen LogP) is 2.98. The van der Waals surface area contributed by atoms with Gasteiger partial charge in [0, 0.05) is 10.8 Å². The second kappa shape index (κ2) is 3.04. The molecule has 1 radical (unpaired) electrons. The van der Waals surface area contributed by atoms with Crippen molar-refractivity contribution in [2.24, 2.45) is 0 Å². The lowest BCUT2D eigenvalue weighted by atomic mass is 10.2. The Kier molecular flexibility index (Phi) is 2.31. The van der Waals surface area contributed by atoms with E-state index in [2.05, 4.69) is 0 Å². The Morgan fingerprint density at radius 3 is 2.44 bits per heavy atom. The van der Waals surface area contributed by atoms with E-state index < -0.39 is 0 Å². The van der Waals surface area contributed by atoms with Crippen LogP contribution in [0.4, 0.5) is 0 Å². The second-order valence-electron chi connectivity index (χ2n) is 1.74. The molecule has 0 aromatic heterocycles. The Bertz CT molecular complexity index is 198. The van der Waals surface area contributed by atoms with Crippen molar-refractivity contribution in [1.29, 1.82) is 0 Å². The molecule has 0 aliphatic heterocycles. The zero-order valence-corrected chi connectivity index (χ0v) is 6.38. The summed E-state index contributed by atoms with van der Waals surface area (Å²) in [5.41, 5.74) is 1.04. The molecule has 0 atom stereocenters. The van der Waals surface area contributed by atoms with E-state index in [0.29, 0.717) is 5.88 Å². The minimum Gasteiger partial charge on any atom is -0.121 e. The SMILES string of the molecule is [S]c1ccccc1CCl. The first-order chi connectivity index (χ1) is 4.34. The quantitative estimate of drug-likeness (QED) is 0.550. The van der Waals surface area contributed by atoms with Gasteiger partial charge in [0.15, 0.2) is 0 Å². The summed E-state index contributed by atoms with van der Waals surface area (Å²) in [6.45, 7) is 0. The molecule has 0 aliphatic carbocycles. The number of rotatable bonds is 1. The lowest BCUT2D eigenvalue weighted by Crippen LogP contribution is -1.77. The summed E-state index contributed by atoms with van der Waals surface area (Å²) in [5.74, 6) is 0.514. The van der Waals surface area contributed by atoms with Gasteiger partial charge in [0.2, 0.25) is 0 Å². The number of hydrogen-bond acceptors (Lipinski definition) is 0. The lowest BCUT2D eigenvalue weighted by molar-refractivity contribution is 1.27. The molecule has 0 heterocycles. The van der Waals surface area contributed by atoms with Crippen LogP contribution in [0.1, 0.15) is 5.56 Å². The van der Waals surface area contributed by atoms with Crippen LogP contribution in [-0.4, -0.2) is 0 Å². The monoisotopic (exact) mass is 157 g/mol. The van der Waals surface area contributed by atoms with E-state index in [1.54, 1.807) is 0 Å².